The lowest BCUT2D eigenvalue weighted by Gasteiger charge is -2.10. The van der Waals surface area contributed by atoms with Crippen molar-refractivity contribution in [1.29, 1.82) is 0 Å². The Morgan fingerprint density at radius 1 is 1.37 bits per heavy atom. The van der Waals surface area contributed by atoms with Gasteiger partial charge in [-0.25, -0.2) is 4.39 Å². The quantitative estimate of drug-likeness (QED) is 0.922. The highest BCUT2D eigenvalue weighted by molar-refractivity contribution is 5.95. The summed E-state index contributed by atoms with van der Waals surface area (Å²) < 4.78 is 20.4. The number of carbonyl (C=O) groups is 1. The topological polar surface area (TPSA) is 57.2 Å². The van der Waals surface area contributed by atoms with Gasteiger partial charge in [0, 0.05) is 18.3 Å². The van der Waals surface area contributed by atoms with E-state index < -0.39 is 5.91 Å². The van der Waals surface area contributed by atoms with E-state index in [2.05, 4.69) is 0 Å². The largest absolute Gasteiger partial charge is 0.496 e. The van der Waals surface area contributed by atoms with Gasteiger partial charge < -0.3 is 15.0 Å². The summed E-state index contributed by atoms with van der Waals surface area (Å²) in [4.78, 5) is 11.3. The number of methoxy groups -OCH3 is 1. The number of benzene rings is 1. The molecule has 0 atom stereocenters. The number of amides is 1. The lowest BCUT2D eigenvalue weighted by Crippen LogP contribution is -2.11. The van der Waals surface area contributed by atoms with Gasteiger partial charge in [-0.2, -0.15) is 0 Å². The molecule has 2 N–H and O–H groups in total. The van der Waals surface area contributed by atoms with Crippen LogP contribution >= 0.6 is 0 Å². The number of halogens is 1. The first kappa shape index (κ1) is 13.1. The molecule has 0 spiro atoms. The summed E-state index contributed by atoms with van der Waals surface area (Å²) in [6.07, 6.45) is 0. The van der Waals surface area contributed by atoms with E-state index in [1.54, 1.807) is 30.7 Å². The van der Waals surface area contributed by atoms with E-state index in [0.717, 1.165) is 5.69 Å². The smallest absolute Gasteiger partial charge is 0.250 e. The van der Waals surface area contributed by atoms with E-state index >= 15 is 0 Å². The number of rotatable bonds is 3. The van der Waals surface area contributed by atoms with Gasteiger partial charge >= 0.3 is 0 Å². The maximum absolute atomic E-state index is 13.4. The first-order valence-corrected chi connectivity index (χ1v) is 5.75. The molecule has 0 aliphatic heterocycles. The molecule has 0 aliphatic rings. The SMILES string of the molecule is COc1ccc(F)cc1-c1cc(C(N)=O)c(C)n1C. The number of carbonyl (C=O) groups excluding carboxylic acids is 1. The van der Waals surface area contributed by atoms with Gasteiger partial charge in [0.25, 0.3) is 5.91 Å². The first-order valence-electron chi connectivity index (χ1n) is 5.75. The molecule has 1 aromatic heterocycles. The summed E-state index contributed by atoms with van der Waals surface area (Å²) in [7, 11) is 3.31. The number of aromatic nitrogens is 1. The molecule has 0 aliphatic carbocycles. The van der Waals surface area contributed by atoms with Crippen molar-refractivity contribution in [3.8, 4) is 17.0 Å². The van der Waals surface area contributed by atoms with Crippen LogP contribution in [0.1, 0.15) is 16.1 Å². The van der Waals surface area contributed by atoms with Gasteiger partial charge in [-0.3, -0.25) is 4.79 Å². The van der Waals surface area contributed by atoms with Crippen LogP contribution in [0.3, 0.4) is 0 Å². The minimum atomic E-state index is -0.505. The summed E-state index contributed by atoms with van der Waals surface area (Å²) in [6.45, 7) is 1.79. The molecule has 5 heteroatoms. The fourth-order valence-corrected chi connectivity index (χ4v) is 2.09. The van der Waals surface area contributed by atoms with Crippen molar-refractivity contribution >= 4 is 5.91 Å². The van der Waals surface area contributed by atoms with Crippen LogP contribution in [0.25, 0.3) is 11.3 Å². The highest BCUT2D eigenvalue weighted by Crippen LogP contribution is 2.32. The van der Waals surface area contributed by atoms with Crippen LogP contribution in [0.15, 0.2) is 24.3 Å². The fourth-order valence-electron chi connectivity index (χ4n) is 2.09. The van der Waals surface area contributed by atoms with E-state index in [9.17, 15) is 9.18 Å². The molecule has 0 unspecified atom stereocenters. The number of nitrogens with zero attached hydrogens (tertiary/aromatic N) is 1. The minimum absolute atomic E-state index is 0.365. The van der Waals surface area contributed by atoms with E-state index in [1.165, 1.54) is 19.2 Å². The lowest BCUT2D eigenvalue weighted by atomic mass is 10.1. The molecule has 0 bridgehead atoms. The number of hydrogen-bond acceptors (Lipinski definition) is 2. The molecule has 2 aromatic rings. The third-order valence-corrected chi connectivity index (χ3v) is 3.24. The van der Waals surface area contributed by atoms with Crippen molar-refractivity contribution in [3.63, 3.8) is 0 Å². The normalized spacial score (nSPS) is 10.5. The number of ether oxygens (including phenoxy) is 1. The molecule has 100 valence electrons. The van der Waals surface area contributed by atoms with Crippen LogP contribution < -0.4 is 10.5 Å². The van der Waals surface area contributed by atoms with Gasteiger partial charge in [-0.15, -0.1) is 0 Å². The van der Waals surface area contributed by atoms with Gasteiger partial charge in [0.1, 0.15) is 11.6 Å². The van der Waals surface area contributed by atoms with E-state index in [1.807, 2.05) is 0 Å². The Hall–Kier alpha value is -2.30. The molecular formula is C14H15FN2O2. The maximum Gasteiger partial charge on any atom is 0.250 e. The first-order chi connectivity index (χ1) is 8.95. The van der Waals surface area contributed by atoms with Crippen LogP contribution in [0.2, 0.25) is 0 Å². The third-order valence-electron chi connectivity index (χ3n) is 3.24. The minimum Gasteiger partial charge on any atom is -0.496 e. The van der Waals surface area contributed by atoms with Crippen LogP contribution in [0.4, 0.5) is 4.39 Å². The molecule has 0 saturated heterocycles. The van der Waals surface area contributed by atoms with Crippen molar-refractivity contribution in [2.45, 2.75) is 6.92 Å². The van der Waals surface area contributed by atoms with Crippen molar-refractivity contribution in [2.24, 2.45) is 12.8 Å². The molecule has 1 amide bonds. The Balaban J connectivity index is 2.69. The second-order valence-corrected chi connectivity index (χ2v) is 4.30. The Bertz CT molecular complexity index is 647. The van der Waals surface area contributed by atoms with Gasteiger partial charge in [0.15, 0.2) is 0 Å². The fraction of sp³-hybridized carbons (Fsp3) is 0.214. The number of nitrogens with two attached hydrogens (primary N) is 1. The number of hydrogen-bond donors (Lipinski definition) is 1. The van der Waals surface area contributed by atoms with Crippen molar-refractivity contribution in [1.82, 2.24) is 4.57 Å². The van der Waals surface area contributed by atoms with Crippen LogP contribution in [-0.2, 0) is 7.05 Å². The summed E-state index contributed by atoms with van der Waals surface area (Å²) in [5, 5.41) is 0. The molecule has 19 heavy (non-hydrogen) atoms. The van der Waals surface area contributed by atoms with Crippen molar-refractivity contribution in [2.75, 3.05) is 7.11 Å². The molecule has 2 rings (SSSR count). The van der Waals surface area contributed by atoms with Crippen LogP contribution in [0.5, 0.6) is 5.75 Å². The zero-order chi connectivity index (χ0) is 14.2. The van der Waals surface area contributed by atoms with Crippen LogP contribution in [-0.4, -0.2) is 17.6 Å². The van der Waals surface area contributed by atoms with Crippen molar-refractivity contribution < 1.29 is 13.9 Å². The molecule has 0 fully saturated rings. The Kier molecular flexibility index (Phi) is 3.29. The molecule has 1 aromatic carbocycles. The second kappa shape index (κ2) is 4.76. The van der Waals surface area contributed by atoms with E-state index in [-0.39, 0.29) is 5.82 Å². The van der Waals surface area contributed by atoms with Gasteiger partial charge in [0.05, 0.1) is 18.4 Å². The second-order valence-electron chi connectivity index (χ2n) is 4.30. The van der Waals surface area contributed by atoms with Gasteiger partial charge in [-0.05, 0) is 31.2 Å². The summed E-state index contributed by atoms with van der Waals surface area (Å²) in [5.74, 6) is -0.331. The molecule has 4 nitrogen and oxygen atoms in total. The summed E-state index contributed by atoms with van der Waals surface area (Å²) in [6, 6.07) is 5.90. The van der Waals surface area contributed by atoms with E-state index in [0.29, 0.717) is 22.6 Å². The highest BCUT2D eigenvalue weighted by Gasteiger charge is 2.17. The zero-order valence-corrected chi connectivity index (χ0v) is 11.0. The van der Waals surface area contributed by atoms with E-state index in [4.69, 9.17) is 10.5 Å². The summed E-state index contributed by atoms with van der Waals surface area (Å²) >= 11 is 0. The molecule has 0 radical (unpaired) electrons. The average molecular weight is 262 g/mol. The third kappa shape index (κ3) is 2.19. The standard InChI is InChI=1S/C14H15FN2O2/c1-8-10(14(16)18)7-12(17(8)2)11-6-9(15)4-5-13(11)19-3/h4-7H,1-3H3,(H2,16,18). The predicted molar refractivity (Wildman–Crippen MR) is 70.6 cm³/mol. The Morgan fingerprint density at radius 2 is 2.05 bits per heavy atom. The maximum atomic E-state index is 13.4. The predicted octanol–water partition coefficient (Wildman–Crippen LogP) is 2.25. The average Bonchev–Trinajstić information content (AvgIpc) is 2.66. The molecule has 0 saturated carbocycles. The van der Waals surface area contributed by atoms with Crippen LogP contribution in [0, 0.1) is 12.7 Å². The lowest BCUT2D eigenvalue weighted by molar-refractivity contribution is 0.0999. The molecular weight excluding hydrogens is 247 g/mol. The Labute approximate surface area is 110 Å². The highest BCUT2D eigenvalue weighted by atomic mass is 19.1. The molecule has 1 heterocycles. The Morgan fingerprint density at radius 3 is 2.58 bits per heavy atom. The number of primary amides is 1. The monoisotopic (exact) mass is 262 g/mol. The van der Waals surface area contributed by atoms with Gasteiger partial charge in [-0.1, -0.05) is 0 Å². The van der Waals surface area contributed by atoms with Crippen molar-refractivity contribution in [3.05, 3.63) is 41.3 Å². The van der Waals surface area contributed by atoms with Gasteiger partial charge in [0.2, 0.25) is 0 Å². The summed E-state index contributed by atoms with van der Waals surface area (Å²) in [5.41, 5.74) is 7.74. The zero-order valence-electron chi connectivity index (χ0n) is 11.0.